The van der Waals surface area contributed by atoms with Crippen molar-refractivity contribution in [3.8, 4) is 11.4 Å². The lowest BCUT2D eigenvalue weighted by Crippen LogP contribution is -2.07. The van der Waals surface area contributed by atoms with Crippen LogP contribution in [-0.4, -0.2) is 16.1 Å². The second kappa shape index (κ2) is 5.70. The van der Waals surface area contributed by atoms with Crippen LogP contribution in [0.5, 0.6) is 0 Å². The van der Waals surface area contributed by atoms with E-state index < -0.39 is 0 Å². The van der Waals surface area contributed by atoms with Gasteiger partial charge in [-0.05, 0) is 50.1 Å². The molecule has 0 aliphatic carbocycles. The molecule has 2 N–H and O–H groups in total. The molecule has 0 saturated carbocycles. The minimum Gasteiger partial charge on any atom is -0.330 e. The molecule has 108 valence electrons. The maximum atomic E-state index is 5.70. The Morgan fingerprint density at radius 2 is 1.76 bits per heavy atom. The predicted molar refractivity (Wildman–Crippen MR) is 88.3 cm³/mol. The van der Waals surface area contributed by atoms with Crippen molar-refractivity contribution in [2.75, 3.05) is 6.54 Å². The third-order valence-electron chi connectivity index (χ3n) is 3.98. The number of aryl methyl sites for hydroxylation is 3. The van der Waals surface area contributed by atoms with Gasteiger partial charge in [0.1, 0.15) is 5.82 Å². The summed E-state index contributed by atoms with van der Waals surface area (Å²) in [5.74, 6) is 1.03. The summed E-state index contributed by atoms with van der Waals surface area (Å²) in [5, 5.41) is 0. The first-order chi connectivity index (χ1) is 10.2. The van der Waals surface area contributed by atoms with Crippen LogP contribution in [0, 0.1) is 13.8 Å². The Labute approximate surface area is 125 Å². The van der Waals surface area contributed by atoms with E-state index in [1.807, 2.05) is 6.07 Å². The van der Waals surface area contributed by atoms with Gasteiger partial charge < -0.3 is 10.3 Å². The van der Waals surface area contributed by atoms with E-state index in [1.165, 1.54) is 16.6 Å². The Hall–Kier alpha value is -2.13. The first kappa shape index (κ1) is 13.8. The van der Waals surface area contributed by atoms with E-state index in [0.717, 1.165) is 29.9 Å². The molecule has 21 heavy (non-hydrogen) atoms. The molecule has 0 amide bonds. The molecule has 0 aliphatic rings. The second-order valence-corrected chi connectivity index (χ2v) is 5.52. The first-order valence-corrected chi connectivity index (χ1v) is 7.43. The molecule has 3 heteroatoms. The molecule has 0 fully saturated rings. The van der Waals surface area contributed by atoms with Crippen LogP contribution in [0.1, 0.15) is 17.5 Å². The highest BCUT2D eigenvalue weighted by atomic mass is 15.1. The van der Waals surface area contributed by atoms with Crippen molar-refractivity contribution >= 4 is 11.0 Å². The zero-order chi connectivity index (χ0) is 14.8. The summed E-state index contributed by atoms with van der Waals surface area (Å²) in [5.41, 5.74) is 11.7. The Balaban J connectivity index is 2.22. The van der Waals surface area contributed by atoms with Crippen LogP contribution in [0.15, 0.2) is 42.5 Å². The molecule has 3 nitrogen and oxygen atoms in total. The molecular weight excluding hydrogens is 258 g/mol. The number of nitrogens with zero attached hydrogens (tertiary/aromatic N) is 2. The van der Waals surface area contributed by atoms with Gasteiger partial charge in [0.05, 0.1) is 11.0 Å². The van der Waals surface area contributed by atoms with Crippen molar-refractivity contribution in [1.82, 2.24) is 9.55 Å². The fourth-order valence-electron chi connectivity index (χ4n) is 2.66. The van der Waals surface area contributed by atoms with E-state index in [1.54, 1.807) is 0 Å². The van der Waals surface area contributed by atoms with Crippen LogP contribution >= 0.6 is 0 Å². The minimum absolute atomic E-state index is 0.693. The minimum atomic E-state index is 0.693. The Kier molecular flexibility index (Phi) is 3.76. The Morgan fingerprint density at radius 1 is 1.05 bits per heavy atom. The van der Waals surface area contributed by atoms with E-state index in [-0.39, 0.29) is 0 Å². The summed E-state index contributed by atoms with van der Waals surface area (Å²) in [7, 11) is 0. The Bertz CT molecular complexity index is 757. The molecule has 2 aromatic carbocycles. The van der Waals surface area contributed by atoms with Crippen LogP contribution in [0.4, 0.5) is 0 Å². The van der Waals surface area contributed by atoms with Crippen molar-refractivity contribution in [2.24, 2.45) is 5.73 Å². The largest absolute Gasteiger partial charge is 0.330 e. The van der Waals surface area contributed by atoms with Crippen molar-refractivity contribution in [3.63, 3.8) is 0 Å². The summed E-state index contributed by atoms with van der Waals surface area (Å²) in [6, 6.07) is 14.8. The number of nitrogens with two attached hydrogens (primary N) is 1. The molecule has 0 bridgehead atoms. The van der Waals surface area contributed by atoms with Gasteiger partial charge in [-0.3, -0.25) is 0 Å². The highest BCUT2D eigenvalue weighted by Crippen LogP contribution is 2.27. The lowest BCUT2D eigenvalue weighted by molar-refractivity contribution is 0.671. The van der Waals surface area contributed by atoms with E-state index in [2.05, 4.69) is 54.8 Å². The Morgan fingerprint density at radius 3 is 2.48 bits per heavy atom. The molecule has 0 radical (unpaired) electrons. The zero-order valence-electron chi connectivity index (χ0n) is 12.6. The standard InChI is InChI=1S/C18H21N3/c1-13-11-16-17(12-14(13)2)21(10-6-9-19)18(20-16)15-7-4-3-5-8-15/h3-5,7-8,11-12H,6,9-10,19H2,1-2H3. The zero-order valence-corrected chi connectivity index (χ0v) is 12.6. The van der Waals surface area contributed by atoms with Gasteiger partial charge in [-0.2, -0.15) is 0 Å². The van der Waals surface area contributed by atoms with Crippen LogP contribution in [0.2, 0.25) is 0 Å². The number of aromatic nitrogens is 2. The number of rotatable bonds is 4. The van der Waals surface area contributed by atoms with Gasteiger partial charge in [-0.15, -0.1) is 0 Å². The lowest BCUT2D eigenvalue weighted by atomic mass is 10.1. The quantitative estimate of drug-likeness (QED) is 0.792. The number of hydrogen-bond acceptors (Lipinski definition) is 2. The van der Waals surface area contributed by atoms with Crippen LogP contribution in [-0.2, 0) is 6.54 Å². The normalized spacial score (nSPS) is 11.2. The predicted octanol–water partition coefficient (Wildman–Crippen LogP) is 3.67. The third-order valence-corrected chi connectivity index (χ3v) is 3.98. The summed E-state index contributed by atoms with van der Waals surface area (Å²) in [4.78, 5) is 4.86. The average molecular weight is 279 g/mol. The topological polar surface area (TPSA) is 43.8 Å². The molecule has 0 spiro atoms. The van der Waals surface area contributed by atoms with Crippen molar-refractivity contribution in [2.45, 2.75) is 26.8 Å². The highest BCUT2D eigenvalue weighted by Gasteiger charge is 2.13. The third kappa shape index (κ3) is 2.57. The van der Waals surface area contributed by atoms with E-state index in [4.69, 9.17) is 10.7 Å². The van der Waals surface area contributed by atoms with Crippen molar-refractivity contribution < 1.29 is 0 Å². The van der Waals surface area contributed by atoms with Gasteiger partial charge in [0.25, 0.3) is 0 Å². The van der Waals surface area contributed by atoms with E-state index in [0.29, 0.717) is 6.54 Å². The molecule has 0 atom stereocenters. The summed E-state index contributed by atoms with van der Waals surface area (Å²) in [6.45, 7) is 5.88. The summed E-state index contributed by atoms with van der Waals surface area (Å²) >= 11 is 0. The maximum absolute atomic E-state index is 5.70. The maximum Gasteiger partial charge on any atom is 0.141 e. The fourth-order valence-corrected chi connectivity index (χ4v) is 2.66. The molecule has 1 heterocycles. The van der Waals surface area contributed by atoms with Crippen molar-refractivity contribution in [1.29, 1.82) is 0 Å². The molecule has 3 aromatic rings. The summed E-state index contributed by atoms with van der Waals surface area (Å²) in [6.07, 6.45) is 0.957. The average Bonchev–Trinajstić information content (AvgIpc) is 2.84. The van der Waals surface area contributed by atoms with E-state index >= 15 is 0 Å². The molecule has 0 unspecified atom stereocenters. The van der Waals surface area contributed by atoms with Gasteiger partial charge >= 0.3 is 0 Å². The SMILES string of the molecule is Cc1cc2nc(-c3ccccc3)n(CCCN)c2cc1C. The van der Waals surface area contributed by atoms with Crippen LogP contribution in [0.25, 0.3) is 22.4 Å². The number of benzene rings is 2. The van der Waals surface area contributed by atoms with Gasteiger partial charge in [-0.25, -0.2) is 4.98 Å². The number of imidazole rings is 1. The molecule has 3 rings (SSSR count). The van der Waals surface area contributed by atoms with Gasteiger partial charge in [-0.1, -0.05) is 30.3 Å². The van der Waals surface area contributed by atoms with Crippen molar-refractivity contribution in [3.05, 3.63) is 53.6 Å². The fraction of sp³-hybridized carbons (Fsp3) is 0.278. The number of hydrogen-bond donors (Lipinski definition) is 1. The lowest BCUT2D eigenvalue weighted by Gasteiger charge is -2.09. The number of fused-ring (bicyclic) bond motifs is 1. The van der Waals surface area contributed by atoms with Gasteiger partial charge in [0.2, 0.25) is 0 Å². The van der Waals surface area contributed by atoms with Gasteiger partial charge in [0.15, 0.2) is 0 Å². The second-order valence-electron chi connectivity index (χ2n) is 5.52. The van der Waals surface area contributed by atoms with Crippen LogP contribution in [0.3, 0.4) is 0 Å². The molecule has 0 saturated heterocycles. The summed E-state index contributed by atoms with van der Waals surface area (Å²) < 4.78 is 2.30. The molecule has 1 aromatic heterocycles. The molecular formula is C18H21N3. The first-order valence-electron chi connectivity index (χ1n) is 7.43. The highest BCUT2D eigenvalue weighted by molar-refractivity contribution is 5.82. The van der Waals surface area contributed by atoms with Gasteiger partial charge in [0, 0.05) is 12.1 Å². The monoisotopic (exact) mass is 279 g/mol. The molecule has 0 aliphatic heterocycles. The van der Waals surface area contributed by atoms with E-state index in [9.17, 15) is 0 Å². The smallest absolute Gasteiger partial charge is 0.141 e. The van der Waals surface area contributed by atoms with Crippen LogP contribution < -0.4 is 5.73 Å².